The predicted octanol–water partition coefficient (Wildman–Crippen LogP) is 4.15. The van der Waals surface area contributed by atoms with Crippen LogP contribution < -0.4 is 15.8 Å². The van der Waals surface area contributed by atoms with E-state index in [1.54, 1.807) is 6.20 Å². The van der Waals surface area contributed by atoms with Crippen LogP contribution in [-0.2, 0) is 6.54 Å². The summed E-state index contributed by atoms with van der Waals surface area (Å²) in [5.41, 5.74) is 7.15. The highest BCUT2D eigenvalue weighted by molar-refractivity contribution is 14.0. The van der Waals surface area contributed by atoms with Crippen LogP contribution in [0.5, 0.6) is 5.88 Å². The molecule has 0 amide bonds. The first-order valence-corrected chi connectivity index (χ1v) is 9.47. The number of aromatic nitrogens is 1. The van der Waals surface area contributed by atoms with Gasteiger partial charge in [-0.25, -0.2) is 9.98 Å². The van der Waals surface area contributed by atoms with Gasteiger partial charge >= 0.3 is 0 Å². The van der Waals surface area contributed by atoms with E-state index in [0.717, 1.165) is 18.4 Å². The van der Waals surface area contributed by atoms with Crippen LogP contribution in [0.15, 0.2) is 23.3 Å². The molecule has 2 aliphatic rings. The lowest BCUT2D eigenvalue weighted by atomic mass is 10.1. The Hall–Kier alpha value is -1.05. The van der Waals surface area contributed by atoms with Crippen molar-refractivity contribution in [3.8, 4) is 5.88 Å². The Morgan fingerprint density at radius 2 is 1.80 bits per heavy atom. The van der Waals surface area contributed by atoms with Crippen LogP contribution in [0.25, 0.3) is 0 Å². The average Bonchev–Trinajstić information content (AvgIpc) is 2.96. The highest BCUT2D eigenvalue weighted by atomic mass is 127. The predicted molar refractivity (Wildman–Crippen MR) is 112 cm³/mol. The van der Waals surface area contributed by atoms with E-state index in [0.29, 0.717) is 30.5 Å². The summed E-state index contributed by atoms with van der Waals surface area (Å²) in [7, 11) is 0. The van der Waals surface area contributed by atoms with E-state index in [9.17, 15) is 0 Å². The smallest absolute Gasteiger partial charge is 0.213 e. The summed E-state index contributed by atoms with van der Waals surface area (Å²) in [6.07, 6.45) is 14.6. The Morgan fingerprint density at radius 1 is 1.12 bits per heavy atom. The zero-order valence-electron chi connectivity index (χ0n) is 15.0. The molecule has 2 fully saturated rings. The third-order valence-corrected chi connectivity index (χ3v) is 5.03. The maximum Gasteiger partial charge on any atom is 0.213 e. The Bertz CT molecular complexity index is 538. The molecule has 0 spiro atoms. The second kappa shape index (κ2) is 10.8. The normalized spacial score (nSPS) is 19.9. The molecule has 0 radical (unpaired) electrons. The first-order chi connectivity index (χ1) is 11.8. The summed E-state index contributed by atoms with van der Waals surface area (Å²) in [6, 6.07) is 4.44. The summed E-state index contributed by atoms with van der Waals surface area (Å²) < 4.78 is 5.95. The largest absolute Gasteiger partial charge is 0.474 e. The maximum absolute atomic E-state index is 6.07. The fourth-order valence-electron chi connectivity index (χ4n) is 3.65. The number of guanidine groups is 1. The van der Waals surface area contributed by atoms with E-state index in [1.165, 1.54) is 51.4 Å². The minimum atomic E-state index is 0. The Balaban J connectivity index is 0.00000225. The zero-order chi connectivity index (χ0) is 16.6. The Kier molecular flexibility index (Phi) is 8.78. The molecule has 5 nitrogen and oxygen atoms in total. The summed E-state index contributed by atoms with van der Waals surface area (Å²) in [6.45, 7) is 0.565. The Labute approximate surface area is 168 Å². The van der Waals surface area contributed by atoms with Crippen molar-refractivity contribution in [1.82, 2.24) is 10.3 Å². The van der Waals surface area contributed by atoms with Crippen LogP contribution in [-0.4, -0.2) is 23.1 Å². The van der Waals surface area contributed by atoms with Crippen LogP contribution in [0.1, 0.15) is 69.8 Å². The molecule has 0 unspecified atom stereocenters. The van der Waals surface area contributed by atoms with Gasteiger partial charge in [0.2, 0.25) is 5.88 Å². The number of ether oxygens (including phenoxy) is 1. The molecule has 3 N–H and O–H groups in total. The van der Waals surface area contributed by atoms with Gasteiger partial charge in [0.25, 0.3) is 0 Å². The molecule has 6 heteroatoms. The monoisotopic (exact) mass is 458 g/mol. The maximum atomic E-state index is 6.07. The molecule has 2 saturated carbocycles. The molecule has 0 saturated heterocycles. The molecule has 0 aliphatic heterocycles. The average molecular weight is 458 g/mol. The van der Waals surface area contributed by atoms with Gasteiger partial charge in [-0.1, -0.05) is 25.7 Å². The summed E-state index contributed by atoms with van der Waals surface area (Å²) in [5, 5.41) is 3.38. The van der Waals surface area contributed by atoms with E-state index >= 15 is 0 Å². The fourth-order valence-corrected chi connectivity index (χ4v) is 3.65. The second-order valence-electron chi connectivity index (χ2n) is 7.06. The lowest BCUT2D eigenvalue weighted by Crippen LogP contribution is -2.39. The molecule has 1 aromatic heterocycles. The lowest BCUT2D eigenvalue weighted by Gasteiger charge is -2.16. The summed E-state index contributed by atoms with van der Waals surface area (Å²) in [4.78, 5) is 8.81. The number of pyridine rings is 1. The second-order valence-corrected chi connectivity index (χ2v) is 7.06. The minimum absolute atomic E-state index is 0. The van der Waals surface area contributed by atoms with Crippen molar-refractivity contribution in [2.24, 2.45) is 10.7 Å². The highest BCUT2D eigenvalue weighted by Crippen LogP contribution is 2.23. The van der Waals surface area contributed by atoms with E-state index in [-0.39, 0.29) is 24.0 Å². The van der Waals surface area contributed by atoms with Gasteiger partial charge in [-0.15, -0.1) is 24.0 Å². The molecule has 3 rings (SSSR count). The number of hydrogen-bond acceptors (Lipinski definition) is 3. The van der Waals surface area contributed by atoms with Gasteiger partial charge in [-0.05, 0) is 50.2 Å². The molecule has 25 heavy (non-hydrogen) atoms. The van der Waals surface area contributed by atoms with Crippen LogP contribution in [0.3, 0.4) is 0 Å². The standard InChI is InChI=1S/C19H30N4O.HI/c20-19(23-16-7-3-1-2-4-8-16)22-14-15-11-12-21-18(13-15)24-17-9-5-6-10-17;/h11-13,16-17H,1-10,14H2,(H3,20,22,23);1H. The quantitative estimate of drug-likeness (QED) is 0.301. The molecule has 2 aliphatic carbocycles. The number of nitrogens with two attached hydrogens (primary N) is 1. The van der Waals surface area contributed by atoms with Crippen LogP contribution >= 0.6 is 24.0 Å². The molecule has 0 atom stereocenters. The van der Waals surface area contributed by atoms with Crippen LogP contribution in [0, 0.1) is 0 Å². The number of halogens is 1. The molecular formula is C19H31IN4O. The van der Waals surface area contributed by atoms with E-state index in [1.807, 2.05) is 12.1 Å². The van der Waals surface area contributed by atoms with Crippen molar-refractivity contribution >= 4 is 29.9 Å². The van der Waals surface area contributed by atoms with E-state index in [2.05, 4.69) is 15.3 Å². The highest BCUT2D eigenvalue weighted by Gasteiger charge is 2.17. The molecular weight excluding hydrogens is 427 g/mol. The first-order valence-electron chi connectivity index (χ1n) is 9.47. The van der Waals surface area contributed by atoms with Gasteiger partial charge in [-0.3, -0.25) is 0 Å². The lowest BCUT2D eigenvalue weighted by molar-refractivity contribution is 0.201. The zero-order valence-corrected chi connectivity index (χ0v) is 17.3. The molecule has 140 valence electrons. The number of rotatable bonds is 5. The van der Waals surface area contributed by atoms with Crippen LogP contribution in [0.4, 0.5) is 0 Å². The molecule has 0 bridgehead atoms. The van der Waals surface area contributed by atoms with Gasteiger partial charge in [-0.2, -0.15) is 0 Å². The van der Waals surface area contributed by atoms with Crippen molar-refractivity contribution in [3.63, 3.8) is 0 Å². The van der Waals surface area contributed by atoms with E-state index in [4.69, 9.17) is 10.5 Å². The Morgan fingerprint density at radius 3 is 2.52 bits per heavy atom. The fraction of sp³-hybridized carbons (Fsp3) is 0.684. The van der Waals surface area contributed by atoms with Crippen molar-refractivity contribution in [3.05, 3.63) is 23.9 Å². The van der Waals surface area contributed by atoms with Gasteiger partial charge in [0.1, 0.15) is 6.10 Å². The third kappa shape index (κ3) is 6.99. The van der Waals surface area contributed by atoms with Crippen molar-refractivity contribution in [2.75, 3.05) is 0 Å². The van der Waals surface area contributed by atoms with Crippen LogP contribution in [0.2, 0.25) is 0 Å². The SMILES string of the molecule is I.NC(=NCc1ccnc(OC2CCCC2)c1)NC1CCCCCC1. The summed E-state index contributed by atoms with van der Waals surface area (Å²) in [5.74, 6) is 1.27. The number of nitrogens with one attached hydrogen (secondary N) is 1. The molecule has 0 aromatic carbocycles. The van der Waals surface area contributed by atoms with E-state index < -0.39 is 0 Å². The number of aliphatic imine (C=N–C) groups is 1. The minimum Gasteiger partial charge on any atom is -0.474 e. The van der Waals surface area contributed by atoms with Crippen molar-refractivity contribution in [2.45, 2.75) is 82.9 Å². The van der Waals surface area contributed by atoms with Gasteiger partial charge in [0.15, 0.2) is 5.96 Å². The summed E-state index contributed by atoms with van der Waals surface area (Å²) >= 11 is 0. The van der Waals surface area contributed by atoms with Crippen molar-refractivity contribution < 1.29 is 4.74 Å². The topological polar surface area (TPSA) is 72.5 Å². The van der Waals surface area contributed by atoms with Gasteiger partial charge in [0, 0.05) is 18.3 Å². The first kappa shape index (κ1) is 20.3. The number of hydrogen-bond donors (Lipinski definition) is 2. The molecule has 1 heterocycles. The number of nitrogens with zero attached hydrogens (tertiary/aromatic N) is 2. The van der Waals surface area contributed by atoms with Crippen molar-refractivity contribution in [1.29, 1.82) is 0 Å². The third-order valence-electron chi connectivity index (χ3n) is 5.03. The molecule has 1 aromatic rings. The van der Waals surface area contributed by atoms with Gasteiger partial charge < -0.3 is 15.8 Å². The van der Waals surface area contributed by atoms with Gasteiger partial charge in [0.05, 0.1) is 6.54 Å².